The number of rotatable bonds is 6. The first-order valence-corrected chi connectivity index (χ1v) is 10.9. The Labute approximate surface area is 176 Å². The summed E-state index contributed by atoms with van der Waals surface area (Å²) in [5, 5.41) is 0. The van der Waals surface area contributed by atoms with Gasteiger partial charge < -0.3 is 0 Å². The average molecular weight is 524 g/mol. The van der Waals surface area contributed by atoms with E-state index in [2.05, 4.69) is 53.7 Å². The fourth-order valence-electron chi connectivity index (χ4n) is 3.30. The van der Waals surface area contributed by atoms with Crippen LogP contribution in [0.2, 0.25) is 0 Å². The Hall–Kier alpha value is 0.803. The molecular formula is C20H32Br2Zr. The van der Waals surface area contributed by atoms with Crippen LogP contribution in [0.1, 0.15) is 67.2 Å². The molecule has 23 heavy (non-hydrogen) atoms. The van der Waals surface area contributed by atoms with Crippen molar-refractivity contribution >= 4 is 34.0 Å². The van der Waals surface area contributed by atoms with Gasteiger partial charge in [0.2, 0.25) is 0 Å². The van der Waals surface area contributed by atoms with Crippen LogP contribution in [0.25, 0.3) is 0 Å². The third-order valence-electron chi connectivity index (χ3n) is 4.43. The summed E-state index contributed by atoms with van der Waals surface area (Å²) in [6, 6.07) is 0. The zero-order chi connectivity index (χ0) is 15.6. The van der Waals surface area contributed by atoms with E-state index in [0.717, 1.165) is 11.8 Å². The van der Waals surface area contributed by atoms with Crippen molar-refractivity contribution in [3.63, 3.8) is 0 Å². The minimum atomic E-state index is -0.548. The molecule has 0 saturated heterocycles. The molecule has 3 heteroatoms. The van der Waals surface area contributed by atoms with E-state index < -0.39 is 23.2 Å². The fourth-order valence-corrected chi connectivity index (χ4v) is 7.41. The minimum absolute atomic E-state index is 0. The number of hydrogen-bond donors (Lipinski definition) is 0. The van der Waals surface area contributed by atoms with Crippen molar-refractivity contribution < 1.29 is 23.2 Å². The van der Waals surface area contributed by atoms with Crippen LogP contribution < -0.4 is 0 Å². The first-order valence-electron chi connectivity index (χ1n) is 8.43. The predicted octanol–water partition coefficient (Wildman–Crippen LogP) is 7.53. The van der Waals surface area contributed by atoms with E-state index in [1.54, 1.807) is 22.3 Å². The van der Waals surface area contributed by atoms with Gasteiger partial charge in [-0.15, -0.1) is 34.0 Å². The third kappa shape index (κ3) is 6.55. The van der Waals surface area contributed by atoms with Crippen molar-refractivity contribution in [1.29, 1.82) is 0 Å². The summed E-state index contributed by atoms with van der Waals surface area (Å²) in [7, 11) is 0. The van der Waals surface area contributed by atoms with Crippen molar-refractivity contribution in [3.05, 3.63) is 41.0 Å². The summed E-state index contributed by atoms with van der Waals surface area (Å²) in [6.07, 6.45) is 10.1. The first kappa shape index (κ1) is 23.8. The topological polar surface area (TPSA) is 0 Å². The van der Waals surface area contributed by atoms with Crippen LogP contribution in [0, 0.1) is 11.8 Å². The first-order chi connectivity index (χ1) is 9.88. The summed E-state index contributed by atoms with van der Waals surface area (Å²) >= 11 is -0.548. The standard InChI is InChI=1S/2C10H15.2BrH.Zr/c2*1-8(2)7-10-6-4-5-9(10)3;;;/h2*5,8H,4,7H2,1-3H3;2*1H;. The van der Waals surface area contributed by atoms with E-state index in [1.165, 1.54) is 25.7 Å². The Bertz CT molecular complexity index is 486. The van der Waals surface area contributed by atoms with Gasteiger partial charge in [-0.3, -0.25) is 0 Å². The molecular weight excluding hydrogens is 491 g/mol. The quantitative estimate of drug-likeness (QED) is 0.338. The van der Waals surface area contributed by atoms with Gasteiger partial charge in [0.25, 0.3) is 0 Å². The van der Waals surface area contributed by atoms with E-state index >= 15 is 0 Å². The Morgan fingerprint density at radius 2 is 1.13 bits per heavy atom. The summed E-state index contributed by atoms with van der Waals surface area (Å²) in [5.74, 6) is 1.56. The van der Waals surface area contributed by atoms with Gasteiger partial charge in [0, 0.05) is 0 Å². The van der Waals surface area contributed by atoms with Crippen LogP contribution in [-0.4, -0.2) is 0 Å². The maximum absolute atomic E-state index is 2.48. The van der Waals surface area contributed by atoms with Gasteiger partial charge >= 0.3 is 143 Å². The van der Waals surface area contributed by atoms with E-state index in [0.29, 0.717) is 0 Å². The fraction of sp³-hybridized carbons (Fsp3) is 0.600. The van der Waals surface area contributed by atoms with E-state index in [4.69, 9.17) is 0 Å². The Morgan fingerprint density at radius 1 is 0.783 bits per heavy atom. The van der Waals surface area contributed by atoms with Crippen LogP contribution in [0.15, 0.2) is 41.0 Å². The Kier molecular flexibility index (Phi) is 11.1. The Morgan fingerprint density at radius 3 is 1.43 bits per heavy atom. The van der Waals surface area contributed by atoms with Crippen molar-refractivity contribution in [2.45, 2.75) is 67.2 Å². The molecule has 130 valence electrons. The molecule has 2 aliphatic rings. The number of halogens is 2. The van der Waals surface area contributed by atoms with Crippen LogP contribution >= 0.6 is 34.0 Å². The summed E-state index contributed by atoms with van der Waals surface area (Å²) in [5.41, 5.74) is 6.62. The van der Waals surface area contributed by atoms with Gasteiger partial charge in [0.15, 0.2) is 0 Å². The van der Waals surface area contributed by atoms with Crippen molar-refractivity contribution in [1.82, 2.24) is 0 Å². The molecule has 0 unspecified atom stereocenters. The molecule has 0 aromatic rings. The molecule has 0 amide bonds. The summed E-state index contributed by atoms with van der Waals surface area (Å²) in [4.78, 5) is 0. The van der Waals surface area contributed by atoms with Gasteiger partial charge in [-0.1, -0.05) is 0 Å². The molecule has 0 heterocycles. The molecule has 2 aliphatic carbocycles. The molecule has 2 rings (SSSR count). The number of allylic oxidation sites excluding steroid dienone is 8. The monoisotopic (exact) mass is 520 g/mol. The van der Waals surface area contributed by atoms with E-state index in [9.17, 15) is 0 Å². The predicted molar refractivity (Wildman–Crippen MR) is 110 cm³/mol. The molecule has 0 nitrogen and oxygen atoms in total. The second-order valence-corrected chi connectivity index (χ2v) is 11.0. The normalized spacial score (nSPS) is 17.4. The molecule has 0 saturated carbocycles. The SMILES string of the molecule is Br.Br.CC1=CC[C]([Zr][C]2=C(CC(C)C)C(C)=CC2)=C1CC(C)C. The molecule has 0 spiro atoms. The zero-order valence-electron chi connectivity index (χ0n) is 15.5. The van der Waals surface area contributed by atoms with E-state index in [-0.39, 0.29) is 34.0 Å². The maximum atomic E-state index is 2.48. The van der Waals surface area contributed by atoms with Crippen LogP contribution in [-0.2, 0) is 23.2 Å². The van der Waals surface area contributed by atoms with Gasteiger partial charge in [0.05, 0.1) is 0 Å². The van der Waals surface area contributed by atoms with Crippen LogP contribution in [0.3, 0.4) is 0 Å². The molecule has 0 fully saturated rings. The van der Waals surface area contributed by atoms with E-state index in [1.807, 2.05) is 6.56 Å². The molecule has 0 N–H and O–H groups in total. The molecule has 0 aromatic carbocycles. The van der Waals surface area contributed by atoms with Crippen LogP contribution in [0.5, 0.6) is 0 Å². The van der Waals surface area contributed by atoms with Crippen molar-refractivity contribution in [3.8, 4) is 0 Å². The summed E-state index contributed by atoms with van der Waals surface area (Å²) in [6.45, 7) is 14.1. The average Bonchev–Trinajstić information content (AvgIpc) is 2.88. The zero-order valence-corrected chi connectivity index (χ0v) is 21.3. The molecule has 0 atom stereocenters. The molecule has 0 radical (unpaired) electrons. The molecule has 0 aromatic heterocycles. The Balaban J connectivity index is 0.00000242. The number of hydrogen-bond acceptors (Lipinski definition) is 0. The van der Waals surface area contributed by atoms with Crippen molar-refractivity contribution in [2.75, 3.05) is 0 Å². The molecule has 0 bridgehead atoms. The van der Waals surface area contributed by atoms with Gasteiger partial charge in [-0.05, 0) is 0 Å². The van der Waals surface area contributed by atoms with Gasteiger partial charge in [-0.2, -0.15) is 0 Å². The summed E-state index contributed by atoms with van der Waals surface area (Å²) < 4.78 is 3.73. The molecule has 0 aliphatic heterocycles. The second kappa shape index (κ2) is 10.7. The second-order valence-electron chi connectivity index (χ2n) is 7.42. The third-order valence-corrected chi connectivity index (χ3v) is 8.40. The van der Waals surface area contributed by atoms with Gasteiger partial charge in [0.1, 0.15) is 0 Å². The van der Waals surface area contributed by atoms with Crippen LogP contribution in [0.4, 0.5) is 0 Å². The van der Waals surface area contributed by atoms with Gasteiger partial charge in [-0.25, -0.2) is 0 Å². The van der Waals surface area contributed by atoms with Crippen molar-refractivity contribution in [2.24, 2.45) is 11.8 Å².